The molecule has 0 spiro atoms. The summed E-state index contributed by atoms with van der Waals surface area (Å²) in [5, 5.41) is 2.88. The second-order valence-electron chi connectivity index (χ2n) is 3.84. The average Bonchev–Trinajstić information content (AvgIpc) is 2.36. The number of carbonyl (C=O) groups is 1. The van der Waals surface area contributed by atoms with Crippen molar-refractivity contribution in [2.75, 3.05) is 24.0 Å². The van der Waals surface area contributed by atoms with Crippen molar-refractivity contribution in [3.05, 3.63) is 24.0 Å². The van der Waals surface area contributed by atoms with Gasteiger partial charge < -0.3 is 10.7 Å². The number of nitrogens with two attached hydrogens (primary N) is 1. The first-order chi connectivity index (χ1) is 8.19. The third kappa shape index (κ3) is 4.24. The normalized spacial score (nSPS) is 11.9. The summed E-state index contributed by atoms with van der Waals surface area (Å²) in [6.45, 7) is 2.76. The molecular formula is C11H18N4OS. The van der Waals surface area contributed by atoms with E-state index in [1.165, 1.54) is 6.20 Å². The van der Waals surface area contributed by atoms with E-state index in [-0.39, 0.29) is 5.91 Å². The molecule has 0 fully saturated rings. The number of thioether (sulfide) groups is 1. The summed E-state index contributed by atoms with van der Waals surface area (Å²) >= 11 is 1.77. The lowest BCUT2D eigenvalue weighted by molar-refractivity contribution is 0.0950. The van der Waals surface area contributed by atoms with Gasteiger partial charge in [0.1, 0.15) is 0 Å². The van der Waals surface area contributed by atoms with Gasteiger partial charge in [-0.1, -0.05) is 6.92 Å². The standard InChI is InChI=1S/C11H18N4OS/c1-8(7-17-2)5-14-11(16)9-3-4-13-6-10(9)15-12/h3-4,6,8,15H,5,7,12H2,1-2H3,(H,14,16). The number of hydrogen-bond donors (Lipinski definition) is 3. The average molecular weight is 254 g/mol. The molecule has 1 unspecified atom stereocenters. The van der Waals surface area contributed by atoms with Crippen LogP contribution in [0.2, 0.25) is 0 Å². The maximum absolute atomic E-state index is 11.9. The fraction of sp³-hybridized carbons (Fsp3) is 0.455. The van der Waals surface area contributed by atoms with Crippen molar-refractivity contribution in [2.45, 2.75) is 6.92 Å². The number of nitrogen functional groups attached to an aromatic ring is 1. The Hall–Kier alpha value is -1.27. The highest BCUT2D eigenvalue weighted by Gasteiger charge is 2.11. The van der Waals surface area contributed by atoms with Gasteiger partial charge in [0.05, 0.1) is 17.4 Å². The van der Waals surface area contributed by atoms with E-state index in [0.717, 1.165) is 5.75 Å². The van der Waals surface area contributed by atoms with Crippen LogP contribution >= 0.6 is 11.8 Å². The highest BCUT2D eigenvalue weighted by Crippen LogP contribution is 2.11. The molecule has 4 N–H and O–H groups in total. The molecular weight excluding hydrogens is 236 g/mol. The number of anilines is 1. The first-order valence-corrected chi connectivity index (χ1v) is 6.76. The molecule has 0 bridgehead atoms. The summed E-state index contributed by atoms with van der Waals surface area (Å²) in [5.41, 5.74) is 3.50. The van der Waals surface area contributed by atoms with Crippen LogP contribution in [0.3, 0.4) is 0 Å². The lowest BCUT2D eigenvalue weighted by Crippen LogP contribution is -2.30. The van der Waals surface area contributed by atoms with Crippen molar-refractivity contribution < 1.29 is 4.79 Å². The SMILES string of the molecule is CSCC(C)CNC(=O)c1ccncc1NN. The molecule has 5 nitrogen and oxygen atoms in total. The molecule has 0 aliphatic carbocycles. The lowest BCUT2D eigenvalue weighted by atomic mass is 10.2. The summed E-state index contributed by atoms with van der Waals surface area (Å²) in [7, 11) is 0. The number of nitrogens with one attached hydrogen (secondary N) is 2. The van der Waals surface area contributed by atoms with Gasteiger partial charge in [-0.25, -0.2) is 0 Å². The van der Waals surface area contributed by atoms with Crippen LogP contribution in [0.15, 0.2) is 18.5 Å². The molecule has 6 heteroatoms. The third-order valence-electron chi connectivity index (χ3n) is 2.28. The fourth-order valence-corrected chi connectivity index (χ4v) is 2.10. The fourth-order valence-electron chi connectivity index (χ4n) is 1.41. The van der Waals surface area contributed by atoms with Gasteiger partial charge >= 0.3 is 0 Å². The van der Waals surface area contributed by atoms with Crippen LogP contribution in [-0.2, 0) is 0 Å². The van der Waals surface area contributed by atoms with Crippen molar-refractivity contribution in [1.29, 1.82) is 0 Å². The quantitative estimate of drug-likeness (QED) is 0.523. The Morgan fingerprint density at radius 2 is 2.41 bits per heavy atom. The Morgan fingerprint density at radius 1 is 1.65 bits per heavy atom. The van der Waals surface area contributed by atoms with Crippen molar-refractivity contribution in [3.8, 4) is 0 Å². The Balaban J connectivity index is 2.58. The van der Waals surface area contributed by atoms with Gasteiger partial charge in [-0.05, 0) is 24.0 Å². The second kappa shape index (κ2) is 7.13. The first-order valence-electron chi connectivity index (χ1n) is 5.36. The summed E-state index contributed by atoms with van der Waals surface area (Å²) in [4.78, 5) is 15.8. The van der Waals surface area contributed by atoms with Gasteiger partial charge in [0.25, 0.3) is 5.91 Å². The topological polar surface area (TPSA) is 80.0 Å². The molecule has 0 aliphatic rings. The number of nitrogens with zero attached hydrogens (tertiary/aromatic N) is 1. The van der Waals surface area contributed by atoms with E-state index >= 15 is 0 Å². The van der Waals surface area contributed by atoms with E-state index in [9.17, 15) is 4.79 Å². The number of hydrogen-bond acceptors (Lipinski definition) is 5. The van der Waals surface area contributed by atoms with Crippen LogP contribution in [0, 0.1) is 5.92 Å². The van der Waals surface area contributed by atoms with Crippen molar-refractivity contribution >= 4 is 23.4 Å². The zero-order valence-electron chi connectivity index (χ0n) is 10.1. The summed E-state index contributed by atoms with van der Waals surface area (Å²) in [5.74, 6) is 6.66. The molecule has 1 aromatic heterocycles. The van der Waals surface area contributed by atoms with Gasteiger partial charge in [0.15, 0.2) is 0 Å². The molecule has 0 aromatic carbocycles. The molecule has 1 amide bonds. The number of hydrazine groups is 1. The zero-order valence-corrected chi connectivity index (χ0v) is 10.9. The number of carbonyl (C=O) groups excluding carboxylic acids is 1. The van der Waals surface area contributed by atoms with Crippen LogP contribution in [0.5, 0.6) is 0 Å². The Morgan fingerprint density at radius 3 is 3.06 bits per heavy atom. The Labute approximate surface area is 106 Å². The van der Waals surface area contributed by atoms with Gasteiger partial charge in [0.2, 0.25) is 0 Å². The van der Waals surface area contributed by atoms with Crippen molar-refractivity contribution in [1.82, 2.24) is 10.3 Å². The molecule has 0 saturated heterocycles. The predicted octanol–water partition coefficient (Wildman–Crippen LogP) is 1.10. The monoisotopic (exact) mass is 254 g/mol. The molecule has 0 aliphatic heterocycles. The molecule has 1 heterocycles. The van der Waals surface area contributed by atoms with Crippen LogP contribution in [-0.4, -0.2) is 29.4 Å². The van der Waals surface area contributed by atoms with Gasteiger partial charge in [-0.15, -0.1) is 0 Å². The summed E-state index contributed by atoms with van der Waals surface area (Å²) in [6, 6.07) is 1.64. The van der Waals surface area contributed by atoms with Crippen molar-refractivity contribution in [2.24, 2.45) is 11.8 Å². The van der Waals surface area contributed by atoms with E-state index in [4.69, 9.17) is 5.84 Å². The maximum atomic E-state index is 11.9. The largest absolute Gasteiger partial charge is 0.352 e. The minimum Gasteiger partial charge on any atom is -0.352 e. The Kier molecular flexibility index (Phi) is 5.79. The van der Waals surface area contributed by atoms with Gasteiger partial charge in [0, 0.05) is 12.7 Å². The first kappa shape index (κ1) is 13.8. The van der Waals surface area contributed by atoms with E-state index < -0.39 is 0 Å². The third-order valence-corrected chi connectivity index (χ3v) is 3.19. The molecule has 0 radical (unpaired) electrons. The summed E-state index contributed by atoms with van der Waals surface area (Å²) in [6.07, 6.45) is 5.15. The summed E-state index contributed by atoms with van der Waals surface area (Å²) < 4.78 is 0. The molecule has 1 rings (SSSR count). The number of amides is 1. The van der Waals surface area contributed by atoms with Crippen LogP contribution in [0.4, 0.5) is 5.69 Å². The predicted molar refractivity (Wildman–Crippen MR) is 71.9 cm³/mol. The Bertz CT molecular complexity index is 372. The molecule has 1 aromatic rings. The van der Waals surface area contributed by atoms with Gasteiger partial charge in [-0.3, -0.25) is 15.6 Å². The van der Waals surface area contributed by atoms with E-state index in [2.05, 4.69) is 28.9 Å². The number of aromatic nitrogens is 1. The van der Waals surface area contributed by atoms with E-state index in [0.29, 0.717) is 23.7 Å². The molecule has 0 saturated carbocycles. The van der Waals surface area contributed by atoms with Crippen LogP contribution < -0.4 is 16.6 Å². The minimum absolute atomic E-state index is 0.131. The van der Waals surface area contributed by atoms with Crippen LogP contribution in [0.1, 0.15) is 17.3 Å². The zero-order chi connectivity index (χ0) is 12.7. The van der Waals surface area contributed by atoms with E-state index in [1.54, 1.807) is 24.0 Å². The number of rotatable bonds is 6. The highest BCUT2D eigenvalue weighted by molar-refractivity contribution is 7.98. The smallest absolute Gasteiger partial charge is 0.253 e. The highest BCUT2D eigenvalue weighted by atomic mass is 32.2. The minimum atomic E-state index is -0.131. The second-order valence-corrected chi connectivity index (χ2v) is 4.75. The molecule has 1 atom stereocenters. The maximum Gasteiger partial charge on any atom is 0.253 e. The van der Waals surface area contributed by atoms with Gasteiger partial charge in [-0.2, -0.15) is 11.8 Å². The number of pyridine rings is 1. The van der Waals surface area contributed by atoms with Crippen LogP contribution in [0.25, 0.3) is 0 Å². The molecule has 17 heavy (non-hydrogen) atoms. The molecule has 94 valence electrons. The lowest BCUT2D eigenvalue weighted by Gasteiger charge is -2.12. The van der Waals surface area contributed by atoms with E-state index in [1.807, 2.05) is 0 Å². The van der Waals surface area contributed by atoms with Crippen molar-refractivity contribution in [3.63, 3.8) is 0 Å².